The van der Waals surface area contributed by atoms with Crippen LogP contribution in [0.1, 0.15) is 22.6 Å². The van der Waals surface area contributed by atoms with Gasteiger partial charge in [0.1, 0.15) is 0 Å². The Kier molecular flexibility index (Phi) is 4.13. The van der Waals surface area contributed by atoms with Crippen molar-refractivity contribution in [1.82, 2.24) is 4.90 Å². The minimum Gasteiger partial charge on any atom is -0.472 e. The summed E-state index contributed by atoms with van der Waals surface area (Å²) in [5.41, 5.74) is 4.72. The van der Waals surface area contributed by atoms with Gasteiger partial charge in [0.2, 0.25) is 5.91 Å². The summed E-state index contributed by atoms with van der Waals surface area (Å²) in [4.78, 5) is 15.0. The molecule has 0 spiro atoms. The number of amides is 1. The Morgan fingerprint density at radius 2 is 1.93 bits per heavy atom. The van der Waals surface area contributed by atoms with E-state index in [0.29, 0.717) is 17.9 Å². The molecule has 2 aliphatic heterocycles. The molecule has 2 aromatic carbocycles. The molecule has 0 unspecified atom stereocenters. The second kappa shape index (κ2) is 6.59. The second-order valence-electron chi connectivity index (χ2n) is 7.86. The Labute approximate surface area is 169 Å². The predicted octanol–water partition coefficient (Wildman–Crippen LogP) is 3.58. The first-order valence-electron chi connectivity index (χ1n) is 9.68. The van der Waals surface area contributed by atoms with E-state index in [2.05, 4.69) is 0 Å². The number of aryl methyl sites for hydroxylation is 1. The molecule has 0 bridgehead atoms. The Morgan fingerprint density at radius 1 is 1.10 bits per heavy atom. The van der Waals surface area contributed by atoms with Crippen LogP contribution in [-0.4, -0.2) is 37.6 Å². The van der Waals surface area contributed by atoms with Crippen LogP contribution >= 0.6 is 0 Å². The van der Waals surface area contributed by atoms with Gasteiger partial charge in [0.05, 0.1) is 29.1 Å². The molecule has 0 aliphatic carbocycles. The van der Waals surface area contributed by atoms with Crippen molar-refractivity contribution < 1.29 is 17.6 Å². The normalized spacial score (nSPS) is 21.8. The molecule has 2 aliphatic rings. The number of furan rings is 1. The number of benzene rings is 2. The maximum atomic E-state index is 13.1. The molecule has 3 aromatic rings. The standard InChI is InChI=1S/C23H21NO4S/c1-15-4-2-3-5-16(15)11-23(25)24-12-20-19-10-17(18-8-9-28-14-18)6-7-21(19)29(26,27)22(20)13-24/h2-10,14,20,22H,11-13H2,1H3/t20-,22+/m1/s1. The largest absolute Gasteiger partial charge is 0.472 e. The molecule has 1 aromatic heterocycles. The molecule has 5 rings (SSSR count). The fourth-order valence-corrected chi connectivity index (χ4v) is 6.71. The number of nitrogens with zero attached hydrogens (tertiary/aromatic N) is 1. The summed E-state index contributed by atoms with van der Waals surface area (Å²) >= 11 is 0. The SMILES string of the molecule is Cc1ccccc1CC(=O)N1C[C@@H]2c3cc(-c4ccoc4)ccc3S(=O)(=O)[C@H]2C1. The second-order valence-corrected chi connectivity index (χ2v) is 9.99. The third kappa shape index (κ3) is 2.90. The van der Waals surface area contributed by atoms with E-state index in [9.17, 15) is 13.2 Å². The molecule has 29 heavy (non-hydrogen) atoms. The highest BCUT2D eigenvalue weighted by Gasteiger charge is 2.51. The molecule has 148 valence electrons. The van der Waals surface area contributed by atoms with Crippen LogP contribution in [0.25, 0.3) is 11.1 Å². The minimum atomic E-state index is -3.43. The van der Waals surface area contributed by atoms with Gasteiger partial charge in [-0.2, -0.15) is 0 Å². The van der Waals surface area contributed by atoms with Gasteiger partial charge in [-0.1, -0.05) is 30.3 Å². The van der Waals surface area contributed by atoms with E-state index in [1.165, 1.54) is 0 Å². The molecule has 1 fully saturated rings. The van der Waals surface area contributed by atoms with E-state index in [1.807, 2.05) is 49.4 Å². The Balaban J connectivity index is 1.44. The lowest BCUT2D eigenvalue weighted by atomic mass is 9.95. The smallest absolute Gasteiger partial charge is 0.227 e. The van der Waals surface area contributed by atoms with Crippen LogP contribution in [0.4, 0.5) is 0 Å². The fraction of sp³-hybridized carbons (Fsp3) is 0.261. The maximum Gasteiger partial charge on any atom is 0.227 e. The van der Waals surface area contributed by atoms with Crippen LogP contribution < -0.4 is 0 Å². The zero-order chi connectivity index (χ0) is 20.2. The van der Waals surface area contributed by atoms with E-state index >= 15 is 0 Å². The van der Waals surface area contributed by atoms with Crippen molar-refractivity contribution in [2.75, 3.05) is 13.1 Å². The van der Waals surface area contributed by atoms with Crippen molar-refractivity contribution in [3.8, 4) is 11.1 Å². The Morgan fingerprint density at radius 3 is 2.69 bits per heavy atom. The predicted molar refractivity (Wildman–Crippen MR) is 109 cm³/mol. The Bertz CT molecular complexity index is 1200. The van der Waals surface area contributed by atoms with Crippen molar-refractivity contribution in [3.05, 3.63) is 77.7 Å². The van der Waals surface area contributed by atoms with Gasteiger partial charge in [-0.25, -0.2) is 8.42 Å². The lowest BCUT2D eigenvalue weighted by molar-refractivity contribution is -0.129. The number of hydrogen-bond acceptors (Lipinski definition) is 4. The maximum absolute atomic E-state index is 13.1. The van der Waals surface area contributed by atoms with Crippen LogP contribution in [0.15, 0.2) is 70.4 Å². The quantitative estimate of drug-likeness (QED) is 0.666. The number of sulfone groups is 1. The van der Waals surface area contributed by atoms with E-state index in [4.69, 9.17) is 4.42 Å². The van der Waals surface area contributed by atoms with E-state index in [0.717, 1.165) is 27.8 Å². The number of hydrogen-bond donors (Lipinski definition) is 0. The van der Waals surface area contributed by atoms with Gasteiger partial charge >= 0.3 is 0 Å². The summed E-state index contributed by atoms with van der Waals surface area (Å²) in [6, 6.07) is 15.1. The number of carbonyl (C=O) groups excluding carboxylic acids is 1. The highest BCUT2D eigenvalue weighted by molar-refractivity contribution is 7.92. The zero-order valence-corrected chi connectivity index (χ0v) is 16.9. The van der Waals surface area contributed by atoms with Gasteiger partial charge in [0, 0.05) is 24.6 Å². The molecular weight excluding hydrogens is 386 g/mol. The fourth-order valence-electron chi connectivity index (χ4n) is 4.54. The average Bonchev–Trinajstić information content (AvgIpc) is 3.42. The van der Waals surface area contributed by atoms with Gasteiger partial charge in [0.25, 0.3) is 0 Å². The highest BCUT2D eigenvalue weighted by atomic mass is 32.2. The van der Waals surface area contributed by atoms with Crippen molar-refractivity contribution in [3.63, 3.8) is 0 Å². The van der Waals surface area contributed by atoms with Crippen LogP contribution in [0.2, 0.25) is 0 Å². The van der Waals surface area contributed by atoms with Crippen LogP contribution in [0.5, 0.6) is 0 Å². The number of fused-ring (bicyclic) bond motifs is 3. The number of rotatable bonds is 3. The number of likely N-dealkylation sites (tertiary alicyclic amines) is 1. The molecular formula is C23H21NO4S. The third-order valence-electron chi connectivity index (χ3n) is 6.19. The first kappa shape index (κ1) is 18.2. The molecule has 0 saturated carbocycles. The van der Waals surface area contributed by atoms with E-state index < -0.39 is 15.1 Å². The summed E-state index contributed by atoms with van der Waals surface area (Å²) in [5, 5.41) is -0.557. The summed E-state index contributed by atoms with van der Waals surface area (Å²) in [6.45, 7) is 2.68. The molecule has 0 N–H and O–H groups in total. The monoisotopic (exact) mass is 407 g/mol. The van der Waals surface area contributed by atoms with Gasteiger partial charge in [-0.05, 0) is 47.4 Å². The lowest BCUT2D eigenvalue weighted by Crippen LogP contribution is -2.33. The van der Waals surface area contributed by atoms with E-state index in [-0.39, 0.29) is 18.4 Å². The molecule has 5 nitrogen and oxygen atoms in total. The third-order valence-corrected chi connectivity index (χ3v) is 8.45. The average molecular weight is 407 g/mol. The van der Waals surface area contributed by atoms with Crippen LogP contribution in [0.3, 0.4) is 0 Å². The minimum absolute atomic E-state index is 0.0172. The summed E-state index contributed by atoms with van der Waals surface area (Å²) in [6.07, 6.45) is 3.55. The first-order chi connectivity index (χ1) is 13.9. The lowest BCUT2D eigenvalue weighted by Gasteiger charge is -2.18. The van der Waals surface area contributed by atoms with Crippen molar-refractivity contribution >= 4 is 15.7 Å². The first-order valence-corrected chi connectivity index (χ1v) is 11.2. The zero-order valence-electron chi connectivity index (χ0n) is 16.0. The van der Waals surface area contributed by atoms with Gasteiger partial charge in [-0.3, -0.25) is 4.79 Å². The van der Waals surface area contributed by atoms with Crippen molar-refractivity contribution in [2.45, 2.75) is 29.4 Å². The summed E-state index contributed by atoms with van der Waals surface area (Å²) in [7, 11) is -3.43. The molecule has 0 radical (unpaired) electrons. The number of carbonyl (C=O) groups is 1. The van der Waals surface area contributed by atoms with Gasteiger partial charge < -0.3 is 9.32 Å². The highest BCUT2D eigenvalue weighted by Crippen LogP contribution is 2.46. The van der Waals surface area contributed by atoms with Gasteiger partial charge in [0.15, 0.2) is 9.84 Å². The van der Waals surface area contributed by atoms with Crippen LogP contribution in [-0.2, 0) is 21.1 Å². The van der Waals surface area contributed by atoms with E-state index in [1.54, 1.807) is 23.5 Å². The van der Waals surface area contributed by atoms with Crippen molar-refractivity contribution in [2.24, 2.45) is 0 Å². The van der Waals surface area contributed by atoms with Gasteiger partial charge in [-0.15, -0.1) is 0 Å². The topological polar surface area (TPSA) is 67.6 Å². The molecule has 1 saturated heterocycles. The molecule has 6 heteroatoms. The Hall–Kier alpha value is -2.86. The van der Waals surface area contributed by atoms with Crippen molar-refractivity contribution in [1.29, 1.82) is 0 Å². The summed E-state index contributed by atoms with van der Waals surface area (Å²) in [5.74, 6) is -0.195. The molecule has 2 atom stereocenters. The van der Waals surface area contributed by atoms with Crippen LogP contribution in [0, 0.1) is 6.92 Å². The molecule has 3 heterocycles. The summed E-state index contributed by atoms with van der Waals surface area (Å²) < 4.78 is 31.3. The molecule has 1 amide bonds.